The van der Waals surface area contributed by atoms with E-state index in [9.17, 15) is 22.8 Å². The van der Waals surface area contributed by atoms with Crippen LogP contribution in [-0.2, 0) is 9.53 Å². The zero-order valence-electron chi connectivity index (χ0n) is 13.8. The van der Waals surface area contributed by atoms with Crippen molar-refractivity contribution in [2.75, 3.05) is 11.9 Å². The van der Waals surface area contributed by atoms with Crippen LogP contribution in [0, 0.1) is 17.5 Å². The highest BCUT2D eigenvalue weighted by atomic mass is 32.1. The summed E-state index contributed by atoms with van der Waals surface area (Å²) >= 11 is 0.749. The van der Waals surface area contributed by atoms with Gasteiger partial charge in [0.2, 0.25) is 0 Å². The molecule has 0 fully saturated rings. The number of carbonyl (C=O) groups is 2. The molecule has 0 aliphatic carbocycles. The SMILES string of the molecule is O=C(COC(=O)c1n[nH]c2ccccc12)Nc1nc2c(F)c(F)c(F)cc2s1. The minimum Gasteiger partial charge on any atom is -0.451 e. The molecule has 0 atom stereocenters. The van der Waals surface area contributed by atoms with Crippen LogP contribution in [0.3, 0.4) is 0 Å². The van der Waals surface area contributed by atoms with Gasteiger partial charge in [-0.3, -0.25) is 15.2 Å². The second kappa shape index (κ2) is 6.93. The fourth-order valence-corrected chi connectivity index (χ4v) is 3.41. The van der Waals surface area contributed by atoms with Crippen molar-refractivity contribution in [3.8, 4) is 0 Å². The number of halogens is 3. The maximum atomic E-state index is 13.7. The lowest BCUT2D eigenvalue weighted by Gasteiger charge is -2.03. The molecular weight excluding hydrogens is 397 g/mol. The summed E-state index contributed by atoms with van der Waals surface area (Å²) in [5, 5.41) is 9.26. The molecule has 2 aromatic heterocycles. The molecule has 2 heterocycles. The van der Waals surface area contributed by atoms with Gasteiger partial charge in [-0.1, -0.05) is 29.5 Å². The number of amides is 1. The van der Waals surface area contributed by atoms with Crippen LogP contribution in [0.5, 0.6) is 0 Å². The molecule has 28 heavy (non-hydrogen) atoms. The van der Waals surface area contributed by atoms with Crippen molar-refractivity contribution in [1.82, 2.24) is 15.2 Å². The zero-order valence-corrected chi connectivity index (χ0v) is 14.6. The fraction of sp³-hybridized carbons (Fsp3) is 0.0588. The van der Waals surface area contributed by atoms with E-state index in [1.54, 1.807) is 24.3 Å². The quantitative estimate of drug-likeness (QED) is 0.400. The number of fused-ring (bicyclic) bond motifs is 2. The molecule has 0 spiro atoms. The number of esters is 1. The van der Waals surface area contributed by atoms with Crippen molar-refractivity contribution < 1.29 is 27.5 Å². The van der Waals surface area contributed by atoms with Gasteiger partial charge in [0.05, 0.1) is 10.2 Å². The summed E-state index contributed by atoms with van der Waals surface area (Å²) in [6.07, 6.45) is 0. The molecule has 0 unspecified atom stereocenters. The molecule has 0 saturated heterocycles. The Bertz CT molecular complexity index is 1240. The van der Waals surface area contributed by atoms with Crippen LogP contribution >= 0.6 is 11.3 Å². The molecule has 4 aromatic rings. The Hall–Kier alpha value is -3.47. The van der Waals surface area contributed by atoms with E-state index in [4.69, 9.17) is 4.74 Å². The highest BCUT2D eigenvalue weighted by Gasteiger charge is 2.20. The normalized spacial score (nSPS) is 11.1. The lowest BCUT2D eigenvalue weighted by Crippen LogP contribution is -2.21. The van der Waals surface area contributed by atoms with Crippen molar-refractivity contribution in [2.24, 2.45) is 0 Å². The highest BCUT2D eigenvalue weighted by Crippen LogP contribution is 2.30. The Morgan fingerprint density at radius 1 is 1.18 bits per heavy atom. The largest absolute Gasteiger partial charge is 0.451 e. The highest BCUT2D eigenvalue weighted by molar-refractivity contribution is 7.22. The molecule has 142 valence electrons. The second-order valence-electron chi connectivity index (χ2n) is 5.59. The smallest absolute Gasteiger partial charge is 0.359 e. The van der Waals surface area contributed by atoms with Crippen LogP contribution in [0.25, 0.3) is 21.1 Å². The Kier molecular flexibility index (Phi) is 4.43. The summed E-state index contributed by atoms with van der Waals surface area (Å²) in [7, 11) is 0. The molecule has 0 aliphatic rings. The third-order valence-electron chi connectivity index (χ3n) is 3.77. The Morgan fingerprint density at radius 3 is 2.79 bits per heavy atom. The maximum absolute atomic E-state index is 13.7. The molecule has 1 amide bonds. The van der Waals surface area contributed by atoms with E-state index >= 15 is 0 Å². The van der Waals surface area contributed by atoms with Crippen LogP contribution in [0.1, 0.15) is 10.5 Å². The number of hydrogen-bond acceptors (Lipinski definition) is 6. The first-order valence-electron chi connectivity index (χ1n) is 7.78. The van der Waals surface area contributed by atoms with Gasteiger partial charge >= 0.3 is 5.97 Å². The van der Waals surface area contributed by atoms with Gasteiger partial charge in [0, 0.05) is 5.39 Å². The van der Waals surface area contributed by atoms with Crippen LogP contribution in [-0.4, -0.2) is 33.7 Å². The minimum absolute atomic E-state index is 0.0201. The molecule has 4 rings (SSSR count). The average molecular weight is 406 g/mol. The number of benzene rings is 2. The van der Waals surface area contributed by atoms with Crippen molar-refractivity contribution in [1.29, 1.82) is 0 Å². The first-order chi connectivity index (χ1) is 13.4. The summed E-state index contributed by atoms with van der Waals surface area (Å²) in [6.45, 7) is -0.652. The van der Waals surface area contributed by atoms with Crippen molar-refractivity contribution in [2.45, 2.75) is 0 Å². The summed E-state index contributed by atoms with van der Waals surface area (Å²) in [4.78, 5) is 27.8. The van der Waals surface area contributed by atoms with Gasteiger partial charge in [0.1, 0.15) is 5.52 Å². The fourth-order valence-electron chi connectivity index (χ4n) is 2.50. The first-order valence-corrected chi connectivity index (χ1v) is 8.60. The number of thiazole rings is 1. The number of anilines is 1. The molecule has 7 nitrogen and oxygen atoms in total. The number of aromatic nitrogens is 3. The Morgan fingerprint density at radius 2 is 1.96 bits per heavy atom. The minimum atomic E-state index is -1.64. The van der Waals surface area contributed by atoms with Gasteiger partial charge < -0.3 is 4.74 Å². The van der Waals surface area contributed by atoms with E-state index < -0.39 is 41.5 Å². The molecule has 2 N–H and O–H groups in total. The topological polar surface area (TPSA) is 97.0 Å². The van der Waals surface area contributed by atoms with Crippen molar-refractivity contribution in [3.05, 3.63) is 53.5 Å². The van der Waals surface area contributed by atoms with Crippen LogP contribution < -0.4 is 5.32 Å². The molecule has 2 aromatic carbocycles. The summed E-state index contributed by atoms with van der Waals surface area (Å²) < 4.78 is 45.1. The van der Waals surface area contributed by atoms with E-state index in [2.05, 4.69) is 20.5 Å². The van der Waals surface area contributed by atoms with E-state index in [0.717, 1.165) is 17.4 Å². The predicted molar refractivity (Wildman–Crippen MR) is 94.5 cm³/mol. The maximum Gasteiger partial charge on any atom is 0.359 e. The van der Waals surface area contributed by atoms with Crippen LogP contribution in [0.2, 0.25) is 0 Å². The summed E-state index contributed by atoms with van der Waals surface area (Å²) in [5.41, 5.74) is 0.255. The number of nitrogens with one attached hydrogen (secondary N) is 2. The number of aromatic amines is 1. The third-order valence-corrected chi connectivity index (χ3v) is 4.68. The van der Waals surface area contributed by atoms with Gasteiger partial charge in [-0.2, -0.15) is 5.10 Å². The predicted octanol–water partition coefficient (Wildman–Crippen LogP) is 3.39. The number of H-pyrrole nitrogens is 1. The number of para-hydroxylation sites is 1. The lowest BCUT2D eigenvalue weighted by atomic mass is 10.2. The van der Waals surface area contributed by atoms with E-state index in [1.165, 1.54) is 0 Å². The van der Waals surface area contributed by atoms with E-state index in [0.29, 0.717) is 10.9 Å². The van der Waals surface area contributed by atoms with Gasteiger partial charge in [-0.05, 0) is 12.1 Å². The molecule has 0 bridgehead atoms. The molecule has 0 aliphatic heterocycles. The molecule has 0 radical (unpaired) electrons. The molecule has 11 heteroatoms. The van der Waals surface area contributed by atoms with E-state index in [-0.39, 0.29) is 15.5 Å². The number of hydrogen-bond donors (Lipinski definition) is 2. The van der Waals surface area contributed by atoms with Crippen LogP contribution in [0.4, 0.5) is 18.3 Å². The van der Waals surface area contributed by atoms with Crippen LogP contribution in [0.15, 0.2) is 30.3 Å². The van der Waals surface area contributed by atoms with Gasteiger partial charge in [-0.25, -0.2) is 22.9 Å². The number of ether oxygens (including phenoxy) is 1. The Labute approximate surface area is 158 Å². The zero-order chi connectivity index (χ0) is 19.8. The van der Waals surface area contributed by atoms with Crippen molar-refractivity contribution in [3.63, 3.8) is 0 Å². The van der Waals surface area contributed by atoms with E-state index in [1.807, 2.05) is 0 Å². The number of nitrogens with zero attached hydrogens (tertiary/aromatic N) is 2. The third kappa shape index (κ3) is 3.16. The number of rotatable bonds is 4. The summed E-state index contributed by atoms with van der Waals surface area (Å²) in [5.74, 6) is -6.01. The Balaban J connectivity index is 1.44. The monoisotopic (exact) mass is 406 g/mol. The lowest BCUT2D eigenvalue weighted by molar-refractivity contribution is -0.119. The molecule has 0 saturated carbocycles. The van der Waals surface area contributed by atoms with Gasteiger partial charge in [0.25, 0.3) is 5.91 Å². The van der Waals surface area contributed by atoms with Gasteiger partial charge in [0.15, 0.2) is 34.9 Å². The van der Waals surface area contributed by atoms with Gasteiger partial charge in [-0.15, -0.1) is 0 Å². The summed E-state index contributed by atoms with van der Waals surface area (Å²) in [6, 6.07) is 7.66. The average Bonchev–Trinajstić information content (AvgIpc) is 3.28. The first kappa shape index (κ1) is 17.9. The standard InChI is InChI=1S/C17H9F3N4O3S/c18-8-5-10-15(13(20)12(8)19)22-17(28-10)21-11(25)6-27-16(26)14-7-3-1-2-4-9(7)23-24-14/h1-5H,6H2,(H,23,24)(H,21,22,25). The number of carbonyl (C=O) groups excluding carboxylic acids is 2. The molecular formula is C17H9F3N4O3S. The van der Waals surface area contributed by atoms with Crippen molar-refractivity contribution >= 4 is 49.5 Å². The second-order valence-corrected chi connectivity index (χ2v) is 6.62.